The predicted octanol–water partition coefficient (Wildman–Crippen LogP) is 0.958. The molecule has 0 saturated carbocycles. The molecule has 0 unspecified atom stereocenters. The molecule has 0 radical (unpaired) electrons. The normalized spacial score (nSPS) is 18.1. The first-order chi connectivity index (χ1) is 21.5. The van der Waals surface area contributed by atoms with Crippen LogP contribution in [0.4, 0.5) is 10.5 Å². The zero-order valence-corrected chi connectivity index (χ0v) is 27.7. The van der Waals surface area contributed by atoms with E-state index in [9.17, 15) is 28.8 Å². The number of esters is 2. The second-order valence-corrected chi connectivity index (χ2v) is 13.2. The van der Waals surface area contributed by atoms with Crippen LogP contribution in [0, 0.1) is 0 Å². The second kappa shape index (κ2) is 15.2. The van der Waals surface area contributed by atoms with Crippen LogP contribution in [0.1, 0.15) is 54.4 Å². The fourth-order valence-electron chi connectivity index (χ4n) is 5.15. The van der Waals surface area contributed by atoms with Crippen molar-refractivity contribution in [1.82, 2.24) is 25.0 Å². The van der Waals surface area contributed by atoms with Crippen LogP contribution in [0.15, 0.2) is 24.5 Å². The minimum Gasteiger partial charge on any atom is -0.469 e. The average Bonchev–Trinajstić information content (AvgIpc) is 2.97. The van der Waals surface area contributed by atoms with Gasteiger partial charge >= 0.3 is 18.0 Å². The number of methoxy groups -OCH3 is 1. The fraction of sp³-hybridized carbons (Fsp3) is 0.645. The Morgan fingerprint density at radius 3 is 2.07 bits per heavy atom. The first-order valence-corrected chi connectivity index (χ1v) is 15.3. The molecule has 3 heterocycles. The lowest BCUT2D eigenvalue weighted by atomic mass is 10.0. The highest BCUT2D eigenvalue weighted by molar-refractivity contribution is 5.97. The molecule has 0 aromatic carbocycles. The lowest BCUT2D eigenvalue weighted by molar-refractivity contribution is -0.164. The number of hydrogen-bond donors (Lipinski definition) is 1. The number of piperazine rings is 2. The average molecular weight is 647 g/mol. The molecule has 3 rings (SSSR count). The molecule has 15 nitrogen and oxygen atoms in total. The van der Waals surface area contributed by atoms with Crippen molar-refractivity contribution in [1.29, 1.82) is 0 Å². The summed E-state index contributed by atoms with van der Waals surface area (Å²) in [6.07, 6.45) is 1.59. The third kappa shape index (κ3) is 10.6. The van der Waals surface area contributed by atoms with Crippen LogP contribution >= 0.6 is 0 Å². The molecule has 254 valence electrons. The molecular formula is C31H46N6O9. The lowest BCUT2D eigenvalue weighted by Crippen LogP contribution is -2.63. The van der Waals surface area contributed by atoms with Gasteiger partial charge in [-0.15, -0.1) is 0 Å². The predicted molar refractivity (Wildman–Crippen MR) is 165 cm³/mol. The molecule has 15 heteroatoms. The number of carbonyl (C=O) groups is 6. The van der Waals surface area contributed by atoms with Crippen LogP contribution in [0.5, 0.6) is 0 Å². The van der Waals surface area contributed by atoms with E-state index in [1.807, 2.05) is 12.1 Å². The summed E-state index contributed by atoms with van der Waals surface area (Å²) in [7, 11) is 1.15. The van der Waals surface area contributed by atoms with Gasteiger partial charge in [0.05, 0.1) is 20.0 Å². The molecule has 2 aliphatic rings. The fourth-order valence-corrected chi connectivity index (χ4v) is 5.15. The third-order valence-corrected chi connectivity index (χ3v) is 7.22. The van der Waals surface area contributed by atoms with E-state index in [1.165, 1.54) is 4.90 Å². The highest BCUT2D eigenvalue weighted by atomic mass is 16.6. The molecule has 1 aromatic rings. The number of rotatable bonds is 9. The highest BCUT2D eigenvalue weighted by Gasteiger charge is 2.43. The van der Waals surface area contributed by atoms with E-state index < -0.39 is 66.0 Å². The number of anilines is 1. The van der Waals surface area contributed by atoms with Crippen molar-refractivity contribution in [3.63, 3.8) is 0 Å². The van der Waals surface area contributed by atoms with Crippen molar-refractivity contribution in [2.75, 3.05) is 57.8 Å². The van der Waals surface area contributed by atoms with Crippen LogP contribution in [0.3, 0.4) is 0 Å². The van der Waals surface area contributed by atoms with E-state index in [0.717, 1.165) is 17.7 Å². The summed E-state index contributed by atoms with van der Waals surface area (Å²) < 4.78 is 15.5. The number of nitrogens with zero attached hydrogens (tertiary/aromatic N) is 5. The molecule has 1 N–H and O–H groups in total. The first kappa shape index (κ1) is 36.0. The van der Waals surface area contributed by atoms with Crippen LogP contribution in [0.2, 0.25) is 0 Å². The van der Waals surface area contributed by atoms with Gasteiger partial charge in [-0.1, -0.05) is 0 Å². The van der Waals surface area contributed by atoms with Crippen molar-refractivity contribution in [3.05, 3.63) is 24.5 Å². The Morgan fingerprint density at radius 2 is 1.50 bits per heavy atom. The second-order valence-electron chi connectivity index (χ2n) is 13.2. The van der Waals surface area contributed by atoms with E-state index in [4.69, 9.17) is 14.2 Å². The van der Waals surface area contributed by atoms with Crippen molar-refractivity contribution in [2.45, 2.75) is 77.7 Å². The van der Waals surface area contributed by atoms with E-state index in [2.05, 4.69) is 15.2 Å². The van der Waals surface area contributed by atoms with Gasteiger partial charge in [-0.25, -0.2) is 4.79 Å². The molecule has 0 bridgehead atoms. The molecule has 46 heavy (non-hydrogen) atoms. The number of aromatic nitrogens is 1. The van der Waals surface area contributed by atoms with Crippen molar-refractivity contribution < 1.29 is 43.0 Å². The van der Waals surface area contributed by atoms with Gasteiger partial charge < -0.3 is 39.1 Å². The third-order valence-electron chi connectivity index (χ3n) is 7.22. The monoisotopic (exact) mass is 646 g/mol. The maximum atomic E-state index is 14.1. The molecule has 2 fully saturated rings. The molecule has 1 aromatic heterocycles. The number of hydrogen-bond acceptors (Lipinski definition) is 11. The number of nitrogens with one attached hydrogen (secondary N) is 1. The summed E-state index contributed by atoms with van der Waals surface area (Å²) in [6, 6.07) is 1.04. The number of alkyl carbamates (subject to hydrolysis) is 1. The minimum atomic E-state index is -1.40. The van der Waals surface area contributed by atoms with Gasteiger partial charge in [0.15, 0.2) is 0 Å². The van der Waals surface area contributed by atoms with E-state index in [1.54, 1.807) is 58.8 Å². The Hall–Kier alpha value is -4.43. The Labute approximate surface area is 269 Å². The quantitative estimate of drug-likeness (QED) is 0.300. The van der Waals surface area contributed by atoms with Gasteiger partial charge in [0.25, 0.3) is 0 Å². The first-order valence-electron chi connectivity index (χ1n) is 15.3. The summed E-state index contributed by atoms with van der Waals surface area (Å²) >= 11 is 0. The number of amides is 4. The summed E-state index contributed by atoms with van der Waals surface area (Å²) in [5.41, 5.74) is -0.683. The maximum Gasteiger partial charge on any atom is 0.408 e. The van der Waals surface area contributed by atoms with Crippen LogP contribution in [0.25, 0.3) is 0 Å². The van der Waals surface area contributed by atoms with Gasteiger partial charge in [0, 0.05) is 57.3 Å². The van der Waals surface area contributed by atoms with Crippen LogP contribution in [-0.2, 0) is 38.2 Å². The summed E-state index contributed by atoms with van der Waals surface area (Å²) in [5.74, 6) is -3.17. The topological polar surface area (TPSA) is 168 Å². The van der Waals surface area contributed by atoms with Crippen LogP contribution < -0.4 is 10.2 Å². The van der Waals surface area contributed by atoms with Gasteiger partial charge in [-0.05, 0) is 53.7 Å². The Kier molecular flexibility index (Phi) is 11.9. The Bertz CT molecular complexity index is 1270. The van der Waals surface area contributed by atoms with Gasteiger partial charge in [-0.2, -0.15) is 0 Å². The number of carbonyl (C=O) groups excluding carboxylic acids is 6. The maximum absolute atomic E-state index is 14.1. The number of pyridine rings is 1. The summed E-state index contributed by atoms with van der Waals surface area (Å²) in [4.78, 5) is 88.9. The SMILES string of the molecule is COC(=O)C[C@@H]1C(=O)N(CC(=O)OC(C)(C)C)CCN1C(=O)[C@H](CC(=O)N1CCN(c2ccncc2)CC1)NC(=O)OC(C)(C)C. The lowest BCUT2D eigenvalue weighted by Gasteiger charge is -2.41. The van der Waals surface area contributed by atoms with E-state index >= 15 is 0 Å². The molecule has 0 aliphatic carbocycles. The molecule has 2 saturated heterocycles. The van der Waals surface area contributed by atoms with Gasteiger partial charge in [0.1, 0.15) is 29.8 Å². The molecule has 0 spiro atoms. The van der Waals surface area contributed by atoms with Crippen molar-refractivity contribution >= 4 is 41.4 Å². The molecule has 4 amide bonds. The van der Waals surface area contributed by atoms with Crippen molar-refractivity contribution in [2.24, 2.45) is 0 Å². The smallest absolute Gasteiger partial charge is 0.408 e. The Balaban J connectivity index is 1.79. The summed E-state index contributed by atoms with van der Waals surface area (Å²) in [6.45, 7) is 11.5. The minimum absolute atomic E-state index is 0.0362. The molecule has 2 aliphatic heterocycles. The molecular weight excluding hydrogens is 600 g/mol. The van der Waals surface area contributed by atoms with Gasteiger partial charge in [0.2, 0.25) is 17.7 Å². The van der Waals surface area contributed by atoms with Gasteiger partial charge in [-0.3, -0.25) is 29.0 Å². The van der Waals surface area contributed by atoms with Crippen molar-refractivity contribution in [3.8, 4) is 0 Å². The van der Waals surface area contributed by atoms with Crippen LogP contribution in [-0.4, -0.2) is 132 Å². The highest BCUT2D eigenvalue weighted by Crippen LogP contribution is 2.21. The van der Waals surface area contributed by atoms with E-state index in [-0.39, 0.29) is 25.5 Å². The standard InChI is InChI=1S/C31H46N6O9/c1-30(2,3)45-26(40)20-36-16-17-37(23(28(36)42)19-25(39)44-7)27(41)22(33-29(43)46-31(4,5)6)18-24(38)35-14-12-34(13-15-35)21-8-10-32-11-9-21/h8-11,22-23H,12-20H2,1-7H3,(H,33,43)/t22-,23+/m0/s1. The number of ether oxygens (including phenoxy) is 3. The zero-order valence-electron chi connectivity index (χ0n) is 27.7. The summed E-state index contributed by atoms with van der Waals surface area (Å²) in [5, 5.41) is 2.51. The van der Waals surface area contributed by atoms with E-state index in [0.29, 0.717) is 26.2 Å². The largest absolute Gasteiger partial charge is 0.469 e. The Morgan fingerprint density at radius 1 is 0.891 bits per heavy atom. The molecule has 2 atom stereocenters. The zero-order chi connectivity index (χ0) is 34.2.